The van der Waals surface area contributed by atoms with Crippen LogP contribution >= 0.6 is 22.6 Å². The van der Waals surface area contributed by atoms with Crippen LogP contribution in [-0.4, -0.2) is 17.4 Å². The highest BCUT2D eigenvalue weighted by molar-refractivity contribution is 8.67. The summed E-state index contributed by atoms with van der Waals surface area (Å²) in [5.41, 5.74) is 0. The summed E-state index contributed by atoms with van der Waals surface area (Å²) in [6.07, 6.45) is 5.50. The Hall–Kier alpha value is 0.660. The van der Waals surface area contributed by atoms with Crippen LogP contribution in [0.4, 0.5) is 0 Å². The molecule has 0 N–H and O–H groups in total. The van der Waals surface area contributed by atoms with E-state index in [2.05, 4.69) is 22.9 Å². The Kier molecular flexibility index (Phi) is 4.72. The van der Waals surface area contributed by atoms with Crippen molar-refractivity contribution in [3.05, 3.63) is 0 Å². The molecular weight excluding hydrogens is 174 g/mol. The topological polar surface area (TPSA) is 3.24 Å². The van der Waals surface area contributed by atoms with Crippen LogP contribution in [0.3, 0.4) is 0 Å². The lowest BCUT2D eigenvalue weighted by Gasteiger charge is -2.19. The SMILES string of the molecule is CCC1CCCCN(SS)C1. The molecule has 0 bridgehead atoms. The van der Waals surface area contributed by atoms with Crippen molar-refractivity contribution < 1.29 is 0 Å². The summed E-state index contributed by atoms with van der Waals surface area (Å²) in [4.78, 5) is 0. The molecule has 0 amide bonds. The molecule has 0 aromatic rings. The van der Waals surface area contributed by atoms with Gasteiger partial charge in [-0.2, -0.15) is 0 Å². The predicted molar refractivity (Wildman–Crippen MR) is 55.8 cm³/mol. The van der Waals surface area contributed by atoms with Crippen molar-refractivity contribution in [2.45, 2.75) is 32.6 Å². The van der Waals surface area contributed by atoms with Crippen LogP contribution in [-0.2, 0) is 0 Å². The van der Waals surface area contributed by atoms with Crippen molar-refractivity contribution >= 4 is 22.6 Å². The second-order valence-electron chi connectivity index (χ2n) is 3.24. The molecule has 1 aliphatic rings. The van der Waals surface area contributed by atoms with Crippen molar-refractivity contribution in [1.82, 2.24) is 4.31 Å². The second-order valence-corrected chi connectivity index (χ2v) is 4.41. The molecule has 66 valence electrons. The van der Waals surface area contributed by atoms with Gasteiger partial charge in [0.2, 0.25) is 0 Å². The molecule has 1 atom stereocenters. The summed E-state index contributed by atoms with van der Waals surface area (Å²) in [5, 5.41) is 0. The second kappa shape index (κ2) is 5.33. The summed E-state index contributed by atoms with van der Waals surface area (Å²) >= 11 is 4.23. The molecule has 1 fully saturated rings. The monoisotopic (exact) mass is 191 g/mol. The Bertz CT molecular complexity index is 96.3. The Balaban J connectivity index is 2.33. The molecule has 0 radical (unpaired) electrons. The van der Waals surface area contributed by atoms with E-state index in [0.717, 1.165) is 5.92 Å². The fraction of sp³-hybridized carbons (Fsp3) is 1.00. The molecule has 0 saturated carbocycles. The van der Waals surface area contributed by atoms with Gasteiger partial charge in [0.25, 0.3) is 0 Å². The highest BCUT2D eigenvalue weighted by Crippen LogP contribution is 2.24. The van der Waals surface area contributed by atoms with Gasteiger partial charge < -0.3 is 0 Å². The highest BCUT2D eigenvalue weighted by Gasteiger charge is 2.15. The lowest BCUT2D eigenvalue weighted by Crippen LogP contribution is -2.20. The van der Waals surface area contributed by atoms with Gasteiger partial charge in [0.05, 0.1) is 0 Å². The molecule has 0 aromatic carbocycles. The molecule has 0 spiro atoms. The Labute approximate surface area is 78.9 Å². The van der Waals surface area contributed by atoms with Gasteiger partial charge in [-0.15, -0.1) is 0 Å². The van der Waals surface area contributed by atoms with Crippen LogP contribution < -0.4 is 0 Å². The van der Waals surface area contributed by atoms with Gasteiger partial charge in [-0.1, -0.05) is 31.4 Å². The molecule has 1 unspecified atom stereocenters. The molecule has 1 saturated heterocycles. The van der Waals surface area contributed by atoms with Gasteiger partial charge in [-0.25, -0.2) is 4.31 Å². The standard InChI is InChI=1S/C8H17NS2/c1-2-8-5-3-4-6-9(7-8)11-10/h8,10H,2-7H2,1H3. The highest BCUT2D eigenvalue weighted by atomic mass is 33.1. The van der Waals surface area contributed by atoms with E-state index in [1.807, 2.05) is 0 Å². The Morgan fingerprint density at radius 1 is 1.55 bits per heavy atom. The first-order valence-electron chi connectivity index (χ1n) is 4.43. The normalized spacial score (nSPS) is 28.4. The summed E-state index contributed by atoms with van der Waals surface area (Å²) in [6, 6.07) is 0. The van der Waals surface area contributed by atoms with Crippen LogP contribution in [0, 0.1) is 5.92 Å². The van der Waals surface area contributed by atoms with E-state index >= 15 is 0 Å². The van der Waals surface area contributed by atoms with E-state index in [1.54, 1.807) is 11.0 Å². The zero-order valence-corrected chi connectivity index (χ0v) is 8.83. The lowest BCUT2D eigenvalue weighted by molar-refractivity contribution is 0.390. The van der Waals surface area contributed by atoms with E-state index in [4.69, 9.17) is 0 Å². The van der Waals surface area contributed by atoms with E-state index < -0.39 is 0 Å². The van der Waals surface area contributed by atoms with Crippen molar-refractivity contribution in [2.24, 2.45) is 5.92 Å². The van der Waals surface area contributed by atoms with Crippen molar-refractivity contribution in [1.29, 1.82) is 0 Å². The molecule has 1 aliphatic heterocycles. The fourth-order valence-electron chi connectivity index (χ4n) is 1.60. The smallest absolute Gasteiger partial charge is 0.0125 e. The zero-order chi connectivity index (χ0) is 8.10. The summed E-state index contributed by atoms with van der Waals surface area (Å²) in [6.45, 7) is 4.76. The van der Waals surface area contributed by atoms with E-state index in [9.17, 15) is 0 Å². The van der Waals surface area contributed by atoms with E-state index in [0.29, 0.717) is 0 Å². The fourth-order valence-corrected chi connectivity index (χ4v) is 2.53. The van der Waals surface area contributed by atoms with Gasteiger partial charge in [-0.3, -0.25) is 0 Å². The van der Waals surface area contributed by atoms with Crippen LogP contribution in [0.15, 0.2) is 0 Å². The minimum absolute atomic E-state index is 0.914. The third-order valence-electron chi connectivity index (χ3n) is 2.42. The van der Waals surface area contributed by atoms with E-state index in [-0.39, 0.29) is 0 Å². The third-order valence-corrected chi connectivity index (χ3v) is 3.68. The Morgan fingerprint density at radius 3 is 3.00 bits per heavy atom. The van der Waals surface area contributed by atoms with Gasteiger partial charge >= 0.3 is 0 Å². The molecule has 1 rings (SSSR count). The third kappa shape index (κ3) is 3.26. The largest absolute Gasteiger partial charge is 0.241 e. The summed E-state index contributed by atoms with van der Waals surface area (Å²) in [5.74, 6) is 0.914. The maximum Gasteiger partial charge on any atom is 0.0125 e. The van der Waals surface area contributed by atoms with Crippen LogP contribution in [0.5, 0.6) is 0 Å². The minimum Gasteiger partial charge on any atom is -0.241 e. The van der Waals surface area contributed by atoms with Crippen molar-refractivity contribution in [3.8, 4) is 0 Å². The van der Waals surface area contributed by atoms with E-state index in [1.165, 1.54) is 38.8 Å². The average molecular weight is 191 g/mol. The first-order chi connectivity index (χ1) is 5.36. The average Bonchev–Trinajstić information content (AvgIpc) is 2.28. The first kappa shape index (κ1) is 9.75. The van der Waals surface area contributed by atoms with Gasteiger partial charge in [-0.05, 0) is 29.7 Å². The van der Waals surface area contributed by atoms with Gasteiger partial charge in [0.1, 0.15) is 0 Å². The number of nitrogens with zero attached hydrogens (tertiary/aromatic N) is 1. The summed E-state index contributed by atoms with van der Waals surface area (Å²) < 4.78 is 2.38. The predicted octanol–water partition coefficient (Wildman–Crippen LogP) is 2.99. The first-order valence-corrected chi connectivity index (χ1v) is 6.26. The summed E-state index contributed by atoms with van der Waals surface area (Å²) in [7, 11) is 1.61. The lowest BCUT2D eigenvalue weighted by atomic mass is 10.0. The number of hydrogen-bond acceptors (Lipinski definition) is 3. The quantitative estimate of drug-likeness (QED) is 0.406. The number of rotatable bonds is 2. The Morgan fingerprint density at radius 2 is 2.36 bits per heavy atom. The maximum atomic E-state index is 4.23. The maximum absolute atomic E-state index is 4.23. The van der Waals surface area contributed by atoms with Crippen molar-refractivity contribution in [2.75, 3.05) is 13.1 Å². The van der Waals surface area contributed by atoms with Crippen LogP contribution in [0.2, 0.25) is 0 Å². The van der Waals surface area contributed by atoms with Crippen molar-refractivity contribution in [3.63, 3.8) is 0 Å². The molecule has 0 aliphatic carbocycles. The molecule has 0 aromatic heterocycles. The molecule has 1 heterocycles. The number of hydrogen-bond donors (Lipinski definition) is 1. The van der Waals surface area contributed by atoms with Crippen LogP contribution in [0.25, 0.3) is 0 Å². The van der Waals surface area contributed by atoms with Crippen LogP contribution in [0.1, 0.15) is 32.6 Å². The molecule has 3 heteroatoms. The molecule has 1 nitrogen and oxygen atoms in total. The minimum atomic E-state index is 0.914. The van der Waals surface area contributed by atoms with Gasteiger partial charge in [0, 0.05) is 13.1 Å². The number of thiol groups is 1. The molecule has 11 heavy (non-hydrogen) atoms. The zero-order valence-electron chi connectivity index (χ0n) is 7.12. The molecular formula is C8H17NS2. The van der Waals surface area contributed by atoms with Gasteiger partial charge in [0.15, 0.2) is 0 Å².